The van der Waals surface area contributed by atoms with E-state index in [0.717, 1.165) is 11.4 Å². The van der Waals surface area contributed by atoms with Crippen molar-refractivity contribution in [2.24, 2.45) is 0 Å². The zero-order valence-electron chi connectivity index (χ0n) is 16.8. The Morgan fingerprint density at radius 3 is 1.68 bits per heavy atom. The van der Waals surface area contributed by atoms with E-state index in [-0.39, 0.29) is 28.2 Å². The van der Waals surface area contributed by atoms with Crippen LogP contribution in [0.3, 0.4) is 0 Å². The first-order valence-electron chi connectivity index (χ1n) is 8.37. The second kappa shape index (κ2) is 8.98. The Morgan fingerprint density at radius 2 is 1.32 bits per heavy atom. The third-order valence-electron chi connectivity index (χ3n) is 4.15. The zero-order valence-corrected chi connectivity index (χ0v) is 16.8. The highest BCUT2D eigenvalue weighted by Crippen LogP contribution is 2.39. The predicted octanol–water partition coefficient (Wildman–Crippen LogP) is 2.21. The van der Waals surface area contributed by atoms with Gasteiger partial charge in [-0.25, -0.2) is 9.59 Å². The van der Waals surface area contributed by atoms with Crippen molar-refractivity contribution in [1.29, 1.82) is 0 Å². The maximum absolute atomic E-state index is 12.4. The number of nitrogens with zero attached hydrogens (tertiary/aromatic N) is 1. The highest BCUT2D eigenvalue weighted by Gasteiger charge is 2.40. The van der Waals surface area contributed by atoms with Gasteiger partial charge in [0.05, 0.1) is 28.4 Å². The highest BCUT2D eigenvalue weighted by atomic mass is 16.5. The molecule has 8 nitrogen and oxygen atoms in total. The molecule has 0 fully saturated rings. The molecule has 0 aliphatic heterocycles. The minimum absolute atomic E-state index is 0.0691. The van der Waals surface area contributed by atoms with E-state index in [0.29, 0.717) is 0 Å². The first-order valence-corrected chi connectivity index (χ1v) is 8.37. The molecule has 0 radical (unpaired) electrons. The minimum Gasteiger partial charge on any atom is -0.492 e. The normalized spacial score (nSPS) is 13.3. The SMILES string of the molecule is COC(=O)C1=C(OC)C(OC)=C(C(=O)OC)C1=CNc1ccc(N(C)C)cc1. The standard InChI is InChI=1S/C20H24N2O6/c1-22(2)13-9-7-12(8-10-13)21-11-14-15(19(23)27-5)17(25-3)18(26-4)16(14)20(24)28-6/h7-11,21H,1-6H3. The van der Waals surface area contributed by atoms with Crippen LogP contribution in [0.2, 0.25) is 0 Å². The number of benzene rings is 1. The molecule has 0 spiro atoms. The lowest BCUT2D eigenvalue weighted by molar-refractivity contribution is -0.136. The first-order chi connectivity index (χ1) is 13.4. The van der Waals surface area contributed by atoms with Gasteiger partial charge in [0, 0.05) is 37.2 Å². The summed E-state index contributed by atoms with van der Waals surface area (Å²) in [7, 11) is 9.14. The molecule has 1 N–H and O–H groups in total. The zero-order chi connectivity index (χ0) is 20.8. The average molecular weight is 388 g/mol. The van der Waals surface area contributed by atoms with Gasteiger partial charge in [0.15, 0.2) is 11.5 Å². The average Bonchev–Trinajstić information content (AvgIpc) is 3.04. The number of nitrogens with one attached hydrogen (secondary N) is 1. The highest BCUT2D eigenvalue weighted by molar-refractivity contribution is 6.07. The lowest BCUT2D eigenvalue weighted by Gasteiger charge is -2.13. The van der Waals surface area contributed by atoms with E-state index < -0.39 is 11.9 Å². The number of methoxy groups -OCH3 is 4. The number of hydrogen-bond donors (Lipinski definition) is 1. The fourth-order valence-corrected chi connectivity index (χ4v) is 2.75. The third kappa shape index (κ3) is 3.95. The monoisotopic (exact) mass is 388 g/mol. The van der Waals surface area contributed by atoms with Gasteiger partial charge in [0.1, 0.15) is 11.1 Å². The van der Waals surface area contributed by atoms with Crippen LogP contribution in [0.4, 0.5) is 11.4 Å². The second-order valence-electron chi connectivity index (χ2n) is 5.94. The van der Waals surface area contributed by atoms with Gasteiger partial charge in [-0.1, -0.05) is 0 Å². The smallest absolute Gasteiger partial charge is 0.342 e. The predicted molar refractivity (Wildman–Crippen MR) is 105 cm³/mol. The number of hydrogen-bond acceptors (Lipinski definition) is 8. The van der Waals surface area contributed by atoms with E-state index in [9.17, 15) is 9.59 Å². The number of carbonyl (C=O) groups excluding carboxylic acids is 2. The Hall–Kier alpha value is -3.42. The molecule has 0 atom stereocenters. The van der Waals surface area contributed by atoms with Crippen LogP contribution in [0.15, 0.2) is 58.7 Å². The molecule has 0 aromatic heterocycles. The Bertz CT molecular complexity index is 808. The molecule has 2 rings (SSSR count). The molecule has 0 heterocycles. The van der Waals surface area contributed by atoms with Gasteiger partial charge in [-0.3, -0.25) is 0 Å². The molecule has 0 saturated carbocycles. The lowest BCUT2D eigenvalue weighted by Crippen LogP contribution is -2.13. The summed E-state index contributed by atoms with van der Waals surface area (Å²) in [6, 6.07) is 7.62. The van der Waals surface area contributed by atoms with E-state index >= 15 is 0 Å². The van der Waals surface area contributed by atoms with Gasteiger partial charge in [0.25, 0.3) is 0 Å². The van der Waals surface area contributed by atoms with Crippen molar-refractivity contribution in [1.82, 2.24) is 0 Å². The van der Waals surface area contributed by atoms with E-state index in [1.165, 1.54) is 34.6 Å². The largest absolute Gasteiger partial charge is 0.492 e. The Kier molecular flexibility index (Phi) is 6.70. The molecule has 0 amide bonds. The quantitative estimate of drug-likeness (QED) is 0.712. The van der Waals surface area contributed by atoms with Crippen molar-refractivity contribution >= 4 is 23.3 Å². The molecular formula is C20H24N2O6. The number of esters is 2. The molecule has 150 valence electrons. The summed E-state index contributed by atoms with van der Waals surface area (Å²) in [5.74, 6) is -1.13. The van der Waals surface area contributed by atoms with Gasteiger partial charge in [-0.15, -0.1) is 0 Å². The maximum Gasteiger partial charge on any atom is 0.342 e. The molecule has 0 bridgehead atoms. The molecule has 1 aromatic carbocycles. The van der Waals surface area contributed by atoms with Gasteiger partial charge >= 0.3 is 11.9 Å². The van der Waals surface area contributed by atoms with Crippen molar-refractivity contribution in [3.63, 3.8) is 0 Å². The topological polar surface area (TPSA) is 86.3 Å². The van der Waals surface area contributed by atoms with Gasteiger partial charge < -0.3 is 29.2 Å². The van der Waals surface area contributed by atoms with Crippen LogP contribution >= 0.6 is 0 Å². The fourth-order valence-electron chi connectivity index (χ4n) is 2.75. The number of anilines is 2. The van der Waals surface area contributed by atoms with Gasteiger partial charge in [-0.05, 0) is 24.3 Å². The molecule has 8 heteroatoms. The molecule has 1 aromatic rings. The molecular weight excluding hydrogens is 364 g/mol. The summed E-state index contributed by atoms with van der Waals surface area (Å²) < 4.78 is 20.3. The van der Waals surface area contributed by atoms with Crippen molar-refractivity contribution in [3.05, 3.63) is 58.7 Å². The molecule has 1 aliphatic rings. The van der Waals surface area contributed by atoms with Crippen LogP contribution in [-0.2, 0) is 28.5 Å². The Balaban J connectivity index is 2.52. The van der Waals surface area contributed by atoms with Crippen molar-refractivity contribution < 1.29 is 28.5 Å². The summed E-state index contributed by atoms with van der Waals surface area (Å²) >= 11 is 0. The summed E-state index contributed by atoms with van der Waals surface area (Å²) in [6.45, 7) is 0. The third-order valence-corrected chi connectivity index (χ3v) is 4.15. The van der Waals surface area contributed by atoms with Crippen molar-refractivity contribution in [3.8, 4) is 0 Å². The first kappa shape index (κ1) is 20.9. The van der Waals surface area contributed by atoms with Crippen molar-refractivity contribution in [2.75, 3.05) is 52.8 Å². The van der Waals surface area contributed by atoms with E-state index in [1.807, 2.05) is 43.3 Å². The number of rotatable bonds is 7. The van der Waals surface area contributed by atoms with Crippen LogP contribution in [0, 0.1) is 0 Å². The van der Waals surface area contributed by atoms with Crippen LogP contribution in [0.25, 0.3) is 0 Å². The van der Waals surface area contributed by atoms with Crippen LogP contribution in [-0.4, -0.2) is 54.5 Å². The maximum atomic E-state index is 12.4. The van der Waals surface area contributed by atoms with Crippen LogP contribution in [0.5, 0.6) is 0 Å². The summed E-state index contributed by atoms with van der Waals surface area (Å²) in [5, 5.41) is 3.08. The van der Waals surface area contributed by atoms with E-state index in [4.69, 9.17) is 18.9 Å². The van der Waals surface area contributed by atoms with Gasteiger partial charge in [0.2, 0.25) is 0 Å². The fraction of sp³-hybridized carbons (Fsp3) is 0.300. The minimum atomic E-state index is -0.665. The lowest BCUT2D eigenvalue weighted by atomic mass is 10.0. The Labute approximate surface area is 164 Å². The van der Waals surface area contributed by atoms with Crippen molar-refractivity contribution in [2.45, 2.75) is 0 Å². The number of ether oxygens (including phenoxy) is 4. The summed E-state index contributed by atoms with van der Waals surface area (Å²) in [6.07, 6.45) is 1.52. The second-order valence-corrected chi connectivity index (χ2v) is 5.94. The Morgan fingerprint density at radius 1 is 0.857 bits per heavy atom. The summed E-state index contributed by atoms with van der Waals surface area (Å²) in [4.78, 5) is 26.7. The number of carbonyl (C=O) groups is 2. The van der Waals surface area contributed by atoms with Crippen LogP contribution < -0.4 is 10.2 Å². The summed E-state index contributed by atoms with van der Waals surface area (Å²) in [5.41, 5.74) is 2.19. The van der Waals surface area contributed by atoms with E-state index in [1.54, 1.807) is 0 Å². The van der Waals surface area contributed by atoms with Crippen LogP contribution in [0.1, 0.15) is 0 Å². The van der Waals surface area contributed by atoms with E-state index in [2.05, 4.69) is 5.32 Å². The molecule has 1 aliphatic carbocycles. The van der Waals surface area contributed by atoms with Gasteiger partial charge in [-0.2, -0.15) is 0 Å². The molecule has 0 saturated heterocycles. The molecule has 28 heavy (non-hydrogen) atoms. The molecule has 0 unspecified atom stereocenters.